The summed E-state index contributed by atoms with van der Waals surface area (Å²) < 4.78 is 18.4. The zero-order chi connectivity index (χ0) is 18.4. The van der Waals surface area contributed by atoms with E-state index < -0.39 is 0 Å². The van der Waals surface area contributed by atoms with Crippen molar-refractivity contribution in [3.05, 3.63) is 41.8 Å². The van der Waals surface area contributed by atoms with Crippen LogP contribution in [0.25, 0.3) is 0 Å². The fourth-order valence-electron chi connectivity index (χ4n) is 2.88. The Morgan fingerprint density at radius 1 is 1.15 bits per heavy atom. The predicted octanol–water partition coefficient (Wildman–Crippen LogP) is 3.32. The van der Waals surface area contributed by atoms with Gasteiger partial charge >= 0.3 is 0 Å². The number of aromatic nitrogens is 2. The summed E-state index contributed by atoms with van der Waals surface area (Å²) in [6, 6.07) is 7.29. The Bertz CT molecular complexity index is 744. The highest BCUT2D eigenvalue weighted by atomic mass is 19.1. The summed E-state index contributed by atoms with van der Waals surface area (Å²) in [6.45, 7) is 3.59. The molecule has 1 aliphatic heterocycles. The predicted molar refractivity (Wildman–Crippen MR) is 98.0 cm³/mol. The molecule has 6 nitrogen and oxygen atoms in total. The van der Waals surface area contributed by atoms with Crippen LogP contribution in [0.3, 0.4) is 0 Å². The maximum Gasteiger partial charge on any atom is 0.262 e. The first-order valence-corrected chi connectivity index (χ1v) is 8.89. The van der Waals surface area contributed by atoms with Gasteiger partial charge in [0, 0.05) is 30.5 Å². The number of carbonyl (C=O) groups excluding carboxylic acids is 1. The van der Waals surface area contributed by atoms with Crippen molar-refractivity contribution in [3.8, 4) is 5.88 Å². The van der Waals surface area contributed by atoms with Crippen molar-refractivity contribution in [2.45, 2.75) is 32.6 Å². The number of hydrogen-bond donors (Lipinski definition) is 1. The van der Waals surface area contributed by atoms with Gasteiger partial charge < -0.3 is 15.0 Å². The summed E-state index contributed by atoms with van der Waals surface area (Å²) in [5.41, 5.74) is 1.32. The maximum atomic E-state index is 12.9. The third-order valence-corrected chi connectivity index (χ3v) is 4.19. The van der Waals surface area contributed by atoms with E-state index >= 15 is 0 Å². The van der Waals surface area contributed by atoms with E-state index in [9.17, 15) is 9.18 Å². The molecule has 1 aromatic carbocycles. The zero-order valence-electron chi connectivity index (χ0n) is 14.9. The Morgan fingerprint density at radius 2 is 1.85 bits per heavy atom. The van der Waals surface area contributed by atoms with E-state index in [1.165, 1.54) is 37.1 Å². The lowest BCUT2D eigenvalue weighted by Crippen LogP contribution is -2.26. The van der Waals surface area contributed by atoms with Crippen molar-refractivity contribution >= 4 is 17.5 Å². The van der Waals surface area contributed by atoms with Crippen molar-refractivity contribution in [3.63, 3.8) is 0 Å². The molecule has 0 unspecified atom stereocenters. The third kappa shape index (κ3) is 5.15. The van der Waals surface area contributed by atoms with Crippen LogP contribution in [0.1, 0.15) is 31.4 Å². The quantitative estimate of drug-likeness (QED) is 0.888. The molecule has 7 heteroatoms. The first kappa shape index (κ1) is 18.1. The third-order valence-electron chi connectivity index (χ3n) is 4.19. The number of amides is 1. The second-order valence-electron chi connectivity index (χ2n) is 6.39. The number of rotatable bonds is 5. The molecule has 1 aromatic heterocycles. The molecular formula is C19H23FN4O2. The number of hydrogen-bond acceptors (Lipinski definition) is 5. The molecule has 0 aliphatic carbocycles. The van der Waals surface area contributed by atoms with Gasteiger partial charge in [-0.05, 0) is 44.0 Å². The smallest absolute Gasteiger partial charge is 0.262 e. The molecule has 1 amide bonds. The molecule has 26 heavy (non-hydrogen) atoms. The largest absolute Gasteiger partial charge is 0.467 e. The molecule has 0 spiro atoms. The number of anilines is 2. The molecule has 2 heterocycles. The summed E-state index contributed by atoms with van der Waals surface area (Å²) >= 11 is 0. The molecule has 0 bridgehead atoms. The second-order valence-corrected chi connectivity index (χ2v) is 6.39. The minimum absolute atomic E-state index is 0.173. The van der Waals surface area contributed by atoms with Crippen molar-refractivity contribution in [2.75, 3.05) is 29.9 Å². The van der Waals surface area contributed by atoms with E-state index in [1.54, 1.807) is 6.07 Å². The van der Waals surface area contributed by atoms with Gasteiger partial charge in [0.05, 0.1) is 0 Å². The van der Waals surface area contributed by atoms with Crippen molar-refractivity contribution in [1.29, 1.82) is 0 Å². The van der Waals surface area contributed by atoms with Gasteiger partial charge in [-0.25, -0.2) is 9.37 Å². The normalized spacial score (nSPS) is 14.6. The molecule has 1 N–H and O–H groups in total. The monoisotopic (exact) mass is 358 g/mol. The highest BCUT2D eigenvalue weighted by molar-refractivity contribution is 5.91. The summed E-state index contributed by atoms with van der Waals surface area (Å²) in [4.78, 5) is 23.1. The Kier molecular flexibility index (Phi) is 5.99. The van der Waals surface area contributed by atoms with Crippen molar-refractivity contribution < 1.29 is 13.9 Å². The Hall–Kier alpha value is -2.70. The topological polar surface area (TPSA) is 67.3 Å². The van der Waals surface area contributed by atoms with E-state index in [-0.39, 0.29) is 18.3 Å². The number of halogens is 1. The molecule has 0 radical (unpaired) electrons. The first-order chi connectivity index (χ1) is 12.6. The van der Waals surface area contributed by atoms with Gasteiger partial charge in [-0.2, -0.15) is 4.98 Å². The highest BCUT2D eigenvalue weighted by Crippen LogP contribution is 2.19. The van der Waals surface area contributed by atoms with Crippen LogP contribution in [0.15, 0.2) is 30.3 Å². The zero-order valence-corrected chi connectivity index (χ0v) is 14.9. The molecule has 1 saturated heterocycles. The molecule has 138 valence electrons. The summed E-state index contributed by atoms with van der Waals surface area (Å²) in [5.74, 6) is 0.354. The average Bonchev–Trinajstić information content (AvgIpc) is 2.91. The number of ether oxygens (including phenoxy) is 1. The van der Waals surface area contributed by atoms with Gasteiger partial charge in [0.25, 0.3) is 5.91 Å². The summed E-state index contributed by atoms with van der Waals surface area (Å²) in [5, 5.41) is 2.66. The van der Waals surface area contributed by atoms with Crippen LogP contribution in [0.4, 0.5) is 16.0 Å². The van der Waals surface area contributed by atoms with E-state index in [0.29, 0.717) is 17.5 Å². The second kappa shape index (κ2) is 8.60. The van der Waals surface area contributed by atoms with E-state index in [0.717, 1.165) is 31.6 Å². The lowest BCUT2D eigenvalue weighted by Gasteiger charge is -2.21. The molecule has 1 aliphatic rings. The van der Waals surface area contributed by atoms with Crippen LogP contribution in [-0.2, 0) is 4.79 Å². The average molecular weight is 358 g/mol. The Morgan fingerprint density at radius 3 is 2.54 bits per heavy atom. The van der Waals surface area contributed by atoms with Crippen LogP contribution >= 0.6 is 0 Å². The fourth-order valence-corrected chi connectivity index (χ4v) is 2.88. The molecule has 0 atom stereocenters. The molecule has 1 fully saturated rings. The standard InChI is InChI=1S/C19H23FN4O2/c1-14-12-18(23-19(21-14)24-10-4-2-3-5-11-24)26-13-17(25)22-16-8-6-15(20)7-9-16/h6-9,12H,2-5,10-11,13H2,1H3,(H,22,25). The van der Waals surface area contributed by atoms with Gasteiger partial charge in [-0.15, -0.1) is 0 Å². The molecule has 0 saturated carbocycles. The van der Waals surface area contributed by atoms with Gasteiger partial charge in [0.1, 0.15) is 5.82 Å². The van der Waals surface area contributed by atoms with E-state index in [2.05, 4.69) is 20.2 Å². The summed E-state index contributed by atoms with van der Waals surface area (Å²) in [6.07, 6.45) is 4.73. The Balaban J connectivity index is 1.60. The number of benzene rings is 1. The number of aryl methyl sites for hydroxylation is 1. The lowest BCUT2D eigenvalue weighted by molar-refractivity contribution is -0.118. The van der Waals surface area contributed by atoms with Gasteiger partial charge in [0.15, 0.2) is 6.61 Å². The SMILES string of the molecule is Cc1cc(OCC(=O)Nc2ccc(F)cc2)nc(N2CCCCCC2)n1. The van der Waals surface area contributed by atoms with Crippen molar-refractivity contribution in [2.24, 2.45) is 0 Å². The maximum absolute atomic E-state index is 12.9. The number of nitrogens with one attached hydrogen (secondary N) is 1. The van der Waals surface area contributed by atoms with Crippen molar-refractivity contribution in [1.82, 2.24) is 9.97 Å². The molecular weight excluding hydrogens is 335 g/mol. The minimum atomic E-state index is -0.350. The summed E-state index contributed by atoms with van der Waals surface area (Å²) in [7, 11) is 0. The Labute approximate surface area is 152 Å². The first-order valence-electron chi connectivity index (χ1n) is 8.89. The van der Waals surface area contributed by atoms with Crippen LogP contribution in [0.5, 0.6) is 5.88 Å². The number of carbonyl (C=O) groups is 1. The van der Waals surface area contributed by atoms with E-state index in [4.69, 9.17) is 4.74 Å². The molecule has 2 aromatic rings. The van der Waals surface area contributed by atoms with Gasteiger partial charge in [0.2, 0.25) is 11.8 Å². The van der Waals surface area contributed by atoms with Gasteiger partial charge in [-0.1, -0.05) is 12.8 Å². The fraction of sp³-hybridized carbons (Fsp3) is 0.421. The minimum Gasteiger partial charge on any atom is -0.467 e. The lowest BCUT2D eigenvalue weighted by atomic mass is 10.2. The van der Waals surface area contributed by atoms with E-state index in [1.807, 2.05) is 6.92 Å². The highest BCUT2D eigenvalue weighted by Gasteiger charge is 2.14. The van der Waals surface area contributed by atoms with Gasteiger partial charge in [-0.3, -0.25) is 4.79 Å². The number of nitrogens with zero attached hydrogens (tertiary/aromatic N) is 3. The van der Waals surface area contributed by atoms with Crippen LogP contribution < -0.4 is 15.0 Å². The molecule has 3 rings (SSSR count). The van der Waals surface area contributed by atoms with Crippen LogP contribution in [0, 0.1) is 12.7 Å². The van der Waals surface area contributed by atoms with Crippen LogP contribution in [-0.4, -0.2) is 35.6 Å². The van der Waals surface area contributed by atoms with Crippen LogP contribution in [0.2, 0.25) is 0 Å².